The van der Waals surface area contributed by atoms with Crippen LogP contribution in [0.1, 0.15) is 36.1 Å². The zero-order chi connectivity index (χ0) is 22.2. The molecule has 1 unspecified atom stereocenters. The van der Waals surface area contributed by atoms with E-state index >= 15 is 0 Å². The van der Waals surface area contributed by atoms with Gasteiger partial charge in [-0.25, -0.2) is 14.7 Å². The first-order chi connectivity index (χ1) is 15.7. The van der Waals surface area contributed by atoms with Crippen LogP contribution in [0.15, 0.2) is 29.3 Å². The Bertz CT molecular complexity index is 892. The van der Waals surface area contributed by atoms with Crippen molar-refractivity contribution in [3.05, 3.63) is 47.0 Å². The second-order valence-electron chi connectivity index (χ2n) is 8.34. The highest BCUT2D eigenvalue weighted by Gasteiger charge is 2.22. The van der Waals surface area contributed by atoms with Crippen molar-refractivity contribution in [3.8, 4) is 0 Å². The van der Waals surface area contributed by atoms with Crippen molar-refractivity contribution in [2.75, 3.05) is 40.0 Å². The minimum absolute atomic E-state index is 0.269. The fourth-order valence-corrected chi connectivity index (χ4v) is 4.20. The lowest BCUT2D eigenvalue weighted by Crippen LogP contribution is -2.47. The van der Waals surface area contributed by atoms with Gasteiger partial charge in [0.2, 0.25) is 0 Å². The van der Waals surface area contributed by atoms with E-state index in [2.05, 4.69) is 56.8 Å². The average molecular weight is 442 g/mol. The van der Waals surface area contributed by atoms with E-state index in [1.54, 1.807) is 7.11 Å². The number of rotatable bonds is 8. The maximum Gasteiger partial charge on any atom is 0.191 e. The molecule has 0 saturated carbocycles. The van der Waals surface area contributed by atoms with Gasteiger partial charge in [0, 0.05) is 45.8 Å². The first-order valence-electron chi connectivity index (χ1n) is 11.6. The standard InChI is InChI=1S/C23H35N7O2/c1-3-24-23(26-20-7-8-22-27-21(17-31-2)28-30(22)16-20)25-14-18-5-4-6-19(13-18)15-29-9-11-32-12-10-29/h4-6,13,20H,3,7-12,14-17H2,1-2H3,(H2,24,25,26). The van der Waals surface area contributed by atoms with Gasteiger partial charge in [-0.15, -0.1) is 0 Å². The Labute approximate surface area is 190 Å². The van der Waals surface area contributed by atoms with E-state index in [0.717, 1.165) is 76.4 Å². The molecule has 2 N–H and O–H groups in total. The molecule has 1 aromatic carbocycles. The number of aliphatic imine (C=N–C) groups is 1. The van der Waals surface area contributed by atoms with E-state index < -0.39 is 0 Å². The number of guanidine groups is 1. The largest absolute Gasteiger partial charge is 0.379 e. The van der Waals surface area contributed by atoms with Crippen molar-refractivity contribution in [1.29, 1.82) is 0 Å². The summed E-state index contributed by atoms with van der Waals surface area (Å²) < 4.78 is 12.6. The summed E-state index contributed by atoms with van der Waals surface area (Å²) in [6.07, 6.45) is 1.90. The SMILES string of the molecule is CCNC(=NCc1cccc(CN2CCOCC2)c1)NC1CCc2nc(COC)nn2C1. The number of aryl methyl sites for hydroxylation is 1. The summed E-state index contributed by atoms with van der Waals surface area (Å²) in [7, 11) is 1.67. The second-order valence-corrected chi connectivity index (χ2v) is 8.34. The van der Waals surface area contributed by atoms with Gasteiger partial charge >= 0.3 is 0 Å². The molecule has 4 rings (SSSR count). The lowest BCUT2D eigenvalue weighted by molar-refractivity contribution is 0.0342. The third-order valence-electron chi connectivity index (χ3n) is 5.78. The highest BCUT2D eigenvalue weighted by atomic mass is 16.5. The van der Waals surface area contributed by atoms with Gasteiger partial charge in [-0.3, -0.25) is 4.90 Å². The normalized spacial score (nSPS) is 19.6. The van der Waals surface area contributed by atoms with Crippen molar-refractivity contribution in [2.45, 2.75) is 52.0 Å². The zero-order valence-corrected chi connectivity index (χ0v) is 19.2. The van der Waals surface area contributed by atoms with Crippen LogP contribution in [-0.2, 0) is 42.1 Å². The minimum atomic E-state index is 0.269. The van der Waals surface area contributed by atoms with Crippen molar-refractivity contribution in [2.24, 2.45) is 4.99 Å². The molecule has 2 aliphatic heterocycles. The number of nitrogens with zero attached hydrogens (tertiary/aromatic N) is 5. The Kier molecular flexibility index (Phi) is 8.08. The van der Waals surface area contributed by atoms with E-state index in [-0.39, 0.29) is 6.04 Å². The van der Waals surface area contributed by atoms with Crippen molar-refractivity contribution < 1.29 is 9.47 Å². The summed E-state index contributed by atoms with van der Waals surface area (Å²) in [6, 6.07) is 9.01. The summed E-state index contributed by atoms with van der Waals surface area (Å²) in [5, 5.41) is 11.5. The maximum atomic E-state index is 5.46. The average Bonchev–Trinajstić information content (AvgIpc) is 3.20. The molecular weight excluding hydrogens is 406 g/mol. The predicted molar refractivity (Wildman–Crippen MR) is 123 cm³/mol. The number of hydrogen-bond donors (Lipinski definition) is 2. The van der Waals surface area contributed by atoms with Crippen LogP contribution in [0, 0.1) is 0 Å². The van der Waals surface area contributed by atoms with Gasteiger partial charge in [-0.1, -0.05) is 24.3 Å². The number of nitrogens with one attached hydrogen (secondary N) is 2. The van der Waals surface area contributed by atoms with Crippen LogP contribution in [0.5, 0.6) is 0 Å². The molecule has 174 valence electrons. The predicted octanol–water partition coefficient (Wildman–Crippen LogP) is 1.33. The molecule has 1 fully saturated rings. The zero-order valence-electron chi connectivity index (χ0n) is 19.2. The van der Waals surface area contributed by atoms with Gasteiger partial charge < -0.3 is 20.1 Å². The summed E-state index contributed by atoms with van der Waals surface area (Å²) >= 11 is 0. The van der Waals surface area contributed by atoms with E-state index in [0.29, 0.717) is 13.2 Å². The van der Waals surface area contributed by atoms with Crippen LogP contribution in [0.2, 0.25) is 0 Å². The lowest BCUT2D eigenvalue weighted by atomic mass is 10.1. The molecule has 0 spiro atoms. The van der Waals surface area contributed by atoms with Crippen molar-refractivity contribution in [3.63, 3.8) is 0 Å². The Balaban J connectivity index is 1.35. The summed E-state index contributed by atoms with van der Waals surface area (Å²) in [6.45, 7) is 9.41. The molecule has 1 aromatic heterocycles. The van der Waals surface area contributed by atoms with Crippen LogP contribution in [0.25, 0.3) is 0 Å². The summed E-state index contributed by atoms with van der Waals surface area (Å²) in [5.41, 5.74) is 2.55. The third kappa shape index (κ3) is 6.27. The Hall–Kier alpha value is -2.49. The van der Waals surface area contributed by atoms with E-state index in [1.165, 1.54) is 11.1 Å². The molecule has 2 aromatic rings. The highest BCUT2D eigenvalue weighted by molar-refractivity contribution is 5.80. The molecular formula is C23H35N7O2. The van der Waals surface area contributed by atoms with E-state index in [4.69, 9.17) is 14.5 Å². The number of benzene rings is 1. The smallest absolute Gasteiger partial charge is 0.191 e. The van der Waals surface area contributed by atoms with Gasteiger partial charge in [0.25, 0.3) is 0 Å². The molecule has 32 heavy (non-hydrogen) atoms. The molecule has 1 saturated heterocycles. The van der Waals surface area contributed by atoms with Crippen LogP contribution >= 0.6 is 0 Å². The van der Waals surface area contributed by atoms with Crippen LogP contribution in [0.3, 0.4) is 0 Å². The monoisotopic (exact) mass is 441 g/mol. The first-order valence-corrected chi connectivity index (χ1v) is 11.6. The number of hydrogen-bond acceptors (Lipinski definition) is 6. The Morgan fingerprint density at radius 1 is 1.28 bits per heavy atom. The van der Waals surface area contributed by atoms with Gasteiger partial charge in [0.1, 0.15) is 12.4 Å². The molecule has 0 aliphatic carbocycles. The molecule has 0 bridgehead atoms. The quantitative estimate of drug-likeness (QED) is 0.472. The maximum absolute atomic E-state index is 5.46. The van der Waals surface area contributed by atoms with Crippen LogP contribution < -0.4 is 10.6 Å². The van der Waals surface area contributed by atoms with E-state index in [9.17, 15) is 0 Å². The fourth-order valence-electron chi connectivity index (χ4n) is 4.20. The number of morpholine rings is 1. The molecule has 1 atom stereocenters. The number of ether oxygens (including phenoxy) is 2. The molecule has 0 radical (unpaired) electrons. The fraction of sp³-hybridized carbons (Fsp3) is 0.609. The van der Waals surface area contributed by atoms with Gasteiger partial charge in [0.15, 0.2) is 11.8 Å². The van der Waals surface area contributed by atoms with Crippen molar-refractivity contribution in [1.82, 2.24) is 30.3 Å². The van der Waals surface area contributed by atoms with Crippen LogP contribution in [-0.4, -0.2) is 71.6 Å². The Morgan fingerprint density at radius 2 is 2.12 bits per heavy atom. The lowest BCUT2D eigenvalue weighted by Gasteiger charge is -2.26. The van der Waals surface area contributed by atoms with E-state index in [1.807, 2.05) is 4.68 Å². The molecule has 2 aliphatic rings. The topological polar surface area (TPSA) is 88.8 Å². The van der Waals surface area contributed by atoms with Crippen molar-refractivity contribution >= 4 is 5.96 Å². The summed E-state index contributed by atoms with van der Waals surface area (Å²) in [5.74, 6) is 2.63. The van der Waals surface area contributed by atoms with Gasteiger partial charge in [-0.2, -0.15) is 5.10 Å². The minimum Gasteiger partial charge on any atom is -0.379 e. The van der Waals surface area contributed by atoms with Gasteiger partial charge in [-0.05, 0) is 24.5 Å². The van der Waals surface area contributed by atoms with Gasteiger partial charge in [0.05, 0.1) is 26.3 Å². The number of fused-ring (bicyclic) bond motifs is 1. The molecule has 3 heterocycles. The molecule has 9 nitrogen and oxygen atoms in total. The van der Waals surface area contributed by atoms with Crippen LogP contribution in [0.4, 0.5) is 0 Å². The summed E-state index contributed by atoms with van der Waals surface area (Å²) in [4.78, 5) is 11.9. The number of methoxy groups -OCH3 is 1. The Morgan fingerprint density at radius 3 is 2.94 bits per heavy atom. The molecule has 9 heteroatoms. The third-order valence-corrected chi connectivity index (χ3v) is 5.78. The first kappa shape index (κ1) is 22.7. The highest BCUT2D eigenvalue weighted by Crippen LogP contribution is 2.14. The molecule has 0 amide bonds. The number of aromatic nitrogens is 3. The second kappa shape index (κ2) is 11.4.